The van der Waals surface area contributed by atoms with E-state index >= 15 is 0 Å². The van der Waals surface area contributed by atoms with E-state index in [1.54, 1.807) is 5.32 Å². The third-order valence-corrected chi connectivity index (χ3v) is 2.42. The Balaban J connectivity index is 2.78. The molecule has 1 N–H and O–H groups in total. The van der Waals surface area contributed by atoms with Gasteiger partial charge in [-0.3, -0.25) is 14.9 Å². The average molecular weight is 336 g/mol. The summed E-state index contributed by atoms with van der Waals surface area (Å²) in [5.74, 6) is -2.29. The number of methoxy groups -OCH3 is 1. The second kappa shape index (κ2) is 7.42. The highest BCUT2D eigenvalue weighted by molar-refractivity contribution is 5.90. The van der Waals surface area contributed by atoms with Gasteiger partial charge in [0.25, 0.3) is 5.91 Å². The highest BCUT2D eigenvalue weighted by atomic mass is 19.4. The first-order valence-electron chi connectivity index (χ1n) is 5.97. The fourth-order valence-corrected chi connectivity index (χ4v) is 1.42. The van der Waals surface area contributed by atoms with Crippen LogP contribution in [-0.4, -0.2) is 43.2 Å². The summed E-state index contributed by atoms with van der Waals surface area (Å²) in [5, 5.41) is 12.5. The molecular formula is C12H11F3N2O6. The number of carbonyl (C=O) groups is 2. The van der Waals surface area contributed by atoms with Gasteiger partial charge in [0.15, 0.2) is 12.4 Å². The first-order chi connectivity index (χ1) is 10.6. The second-order valence-corrected chi connectivity index (χ2v) is 4.11. The smallest absolute Gasteiger partial charge is 0.405 e. The van der Waals surface area contributed by atoms with Gasteiger partial charge >= 0.3 is 17.8 Å². The predicted octanol–water partition coefficient (Wildman–Crippen LogP) is 1.44. The zero-order chi connectivity index (χ0) is 17.6. The van der Waals surface area contributed by atoms with Gasteiger partial charge in [-0.2, -0.15) is 13.2 Å². The van der Waals surface area contributed by atoms with Crippen LogP contribution in [0.4, 0.5) is 18.9 Å². The van der Waals surface area contributed by atoms with Crippen molar-refractivity contribution in [3.05, 3.63) is 33.9 Å². The standard InChI is InChI=1S/C12H11F3N2O6/c1-22-11(19)7-2-3-9(8(4-7)17(20)21)23-5-10(18)16-6-12(13,14)15/h2-4H,5-6H2,1H3,(H,16,18). The minimum Gasteiger partial charge on any atom is -0.477 e. The molecule has 0 aliphatic carbocycles. The van der Waals surface area contributed by atoms with E-state index < -0.39 is 41.8 Å². The lowest BCUT2D eigenvalue weighted by Crippen LogP contribution is -2.36. The van der Waals surface area contributed by atoms with E-state index in [9.17, 15) is 32.9 Å². The molecule has 0 spiro atoms. The second-order valence-electron chi connectivity index (χ2n) is 4.11. The Morgan fingerprint density at radius 3 is 2.52 bits per heavy atom. The van der Waals surface area contributed by atoms with Gasteiger partial charge in [0.05, 0.1) is 17.6 Å². The first kappa shape index (κ1) is 18.2. The lowest BCUT2D eigenvalue weighted by molar-refractivity contribution is -0.385. The van der Waals surface area contributed by atoms with Gasteiger partial charge in [-0.05, 0) is 12.1 Å². The Labute approximate surface area is 127 Å². The van der Waals surface area contributed by atoms with Crippen molar-refractivity contribution >= 4 is 17.6 Å². The van der Waals surface area contributed by atoms with E-state index in [4.69, 9.17) is 4.74 Å². The molecule has 0 fully saturated rings. The van der Waals surface area contributed by atoms with Crippen molar-refractivity contribution in [2.24, 2.45) is 0 Å². The average Bonchev–Trinajstić information content (AvgIpc) is 2.49. The largest absolute Gasteiger partial charge is 0.477 e. The molecule has 1 aromatic rings. The molecule has 0 saturated carbocycles. The van der Waals surface area contributed by atoms with Gasteiger partial charge in [-0.25, -0.2) is 4.79 Å². The van der Waals surface area contributed by atoms with Crippen LogP contribution in [-0.2, 0) is 9.53 Å². The predicted molar refractivity (Wildman–Crippen MR) is 69.0 cm³/mol. The maximum atomic E-state index is 11.9. The summed E-state index contributed by atoms with van der Waals surface area (Å²) in [6, 6.07) is 3.07. The van der Waals surface area contributed by atoms with Crippen LogP contribution < -0.4 is 10.1 Å². The summed E-state index contributed by atoms with van der Waals surface area (Å²) >= 11 is 0. The summed E-state index contributed by atoms with van der Waals surface area (Å²) in [6.07, 6.45) is -4.58. The van der Waals surface area contributed by atoms with E-state index in [2.05, 4.69) is 4.74 Å². The highest BCUT2D eigenvalue weighted by Gasteiger charge is 2.28. The Morgan fingerprint density at radius 2 is 2.00 bits per heavy atom. The van der Waals surface area contributed by atoms with E-state index in [0.29, 0.717) is 0 Å². The monoisotopic (exact) mass is 336 g/mol. The number of nitrogens with zero attached hydrogens (tertiary/aromatic N) is 1. The highest BCUT2D eigenvalue weighted by Crippen LogP contribution is 2.28. The maximum Gasteiger partial charge on any atom is 0.405 e. The van der Waals surface area contributed by atoms with Crippen LogP contribution in [0.2, 0.25) is 0 Å². The van der Waals surface area contributed by atoms with Crippen LogP contribution >= 0.6 is 0 Å². The lowest BCUT2D eigenvalue weighted by atomic mass is 10.2. The van der Waals surface area contributed by atoms with E-state index in [-0.39, 0.29) is 11.3 Å². The Bertz CT molecular complexity index is 617. The van der Waals surface area contributed by atoms with Crippen molar-refractivity contribution in [3.8, 4) is 5.75 Å². The van der Waals surface area contributed by atoms with Crippen LogP contribution in [0.3, 0.4) is 0 Å². The molecule has 0 radical (unpaired) electrons. The van der Waals surface area contributed by atoms with Crippen molar-refractivity contribution in [1.82, 2.24) is 5.32 Å². The van der Waals surface area contributed by atoms with Gasteiger partial charge in [0.2, 0.25) is 0 Å². The van der Waals surface area contributed by atoms with Gasteiger partial charge < -0.3 is 14.8 Å². The van der Waals surface area contributed by atoms with E-state index in [1.807, 2.05) is 0 Å². The lowest BCUT2D eigenvalue weighted by Gasteiger charge is -2.10. The fourth-order valence-electron chi connectivity index (χ4n) is 1.42. The van der Waals surface area contributed by atoms with E-state index in [0.717, 1.165) is 25.3 Å². The maximum absolute atomic E-state index is 11.9. The first-order valence-corrected chi connectivity index (χ1v) is 5.97. The number of ether oxygens (including phenoxy) is 2. The topological polar surface area (TPSA) is 108 Å². The quantitative estimate of drug-likeness (QED) is 0.478. The molecule has 0 aromatic heterocycles. The summed E-state index contributed by atoms with van der Waals surface area (Å²) in [5.41, 5.74) is -0.746. The molecule has 8 nitrogen and oxygen atoms in total. The normalized spacial score (nSPS) is 10.8. The number of hydrogen-bond donors (Lipinski definition) is 1. The summed E-state index contributed by atoms with van der Waals surface area (Å²) in [7, 11) is 1.09. The number of nitro benzene ring substituents is 1. The molecule has 1 amide bonds. The summed E-state index contributed by atoms with van der Waals surface area (Å²) < 4.78 is 45.0. The molecule has 0 aliphatic heterocycles. The van der Waals surface area contributed by atoms with Gasteiger partial charge in [0.1, 0.15) is 6.54 Å². The van der Waals surface area contributed by atoms with E-state index in [1.165, 1.54) is 0 Å². The number of halogens is 3. The van der Waals surface area contributed by atoms with Crippen LogP contribution in [0.25, 0.3) is 0 Å². The summed E-state index contributed by atoms with van der Waals surface area (Å²) in [6.45, 7) is -2.40. The number of benzene rings is 1. The number of hydrogen-bond acceptors (Lipinski definition) is 6. The van der Waals surface area contributed by atoms with Crippen molar-refractivity contribution in [1.29, 1.82) is 0 Å². The fraction of sp³-hybridized carbons (Fsp3) is 0.333. The number of amides is 1. The molecule has 0 unspecified atom stereocenters. The van der Waals surface area contributed by atoms with Crippen molar-refractivity contribution in [2.45, 2.75) is 6.18 Å². The van der Waals surface area contributed by atoms with Gasteiger partial charge in [-0.15, -0.1) is 0 Å². The van der Waals surface area contributed by atoms with Crippen LogP contribution in [0.15, 0.2) is 18.2 Å². The molecule has 0 aliphatic rings. The molecule has 0 bridgehead atoms. The third-order valence-electron chi connectivity index (χ3n) is 2.42. The number of esters is 1. The number of alkyl halides is 3. The molecule has 0 atom stereocenters. The van der Waals surface area contributed by atoms with Crippen molar-refractivity contribution < 1.29 is 37.2 Å². The van der Waals surface area contributed by atoms with Crippen molar-refractivity contribution in [2.75, 3.05) is 20.3 Å². The summed E-state index contributed by atoms with van der Waals surface area (Å²) in [4.78, 5) is 32.5. The Kier molecular flexibility index (Phi) is 5.87. The van der Waals surface area contributed by atoms with Crippen LogP contribution in [0.1, 0.15) is 10.4 Å². The number of nitro groups is 1. The minimum atomic E-state index is -4.58. The van der Waals surface area contributed by atoms with Crippen LogP contribution in [0, 0.1) is 10.1 Å². The molecule has 0 saturated heterocycles. The molecule has 126 valence electrons. The molecule has 1 aromatic carbocycles. The molecule has 1 rings (SSSR count). The molecular weight excluding hydrogens is 325 g/mol. The number of carbonyl (C=O) groups excluding carboxylic acids is 2. The van der Waals surface area contributed by atoms with Crippen molar-refractivity contribution in [3.63, 3.8) is 0 Å². The number of nitrogens with one attached hydrogen (secondary N) is 1. The SMILES string of the molecule is COC(=O)c1ccc(OCC(=O)NCC(F)(F)F)c([N+](=O)[O-])c1. The minimum absolute atomic E-state index is 0.118. The number of rotatable bonds is 6. The molecule has 23 heavy (non-hydrogen) atoms. The van der Waals surface area contributed by atoms with Gasteiger partial charge in [0, 0.05) is 6.07 Å². The zero-order valence-electron chi connectivity index (χ0n) is 11.7. The molecule has 0 heterocycles. The Morgan fingerprint density at radius 1 is 1.35 bits per heavy atom. The third kappa shape index (κ3) is 5.80. The zero-order valence-corrected chi connectivity index (χ0v) is 11.7. The van der Waals surface area contributed by atoms with Gasteiger partial charge in [-0.1, -0.05) is 0 Å². The molecule has 11 heteroatoms. The Hall–Kier alpha value is -2.85. The van der Waals surface area contributed by atoms with Crippen LogP contribution in [0.5, 0.6) is 5.75 Å².